The van der Waals surface area contributed by atoms with Crippen LogP contribution in [0.5, 0.6) is 0 Å². The maximum absolute atomic E-state index is 14.6. The molecule has 6 atom stereocenters. The molecule has 1 fully saturated rings. The first-order valence-corrected chi connectivity index (χ1v) is 21.0. The summed E-state index contributed by atoms with van der Waals surface area (Å²) in [6.45, 7) is 1.52. The number of primary amides is 1. The number of hydrogen-bond acceptors (Lipinski definition) is 11. The van der Waals surface area contributed by atoms with Crippen LogP contribution in [0, 0.1) is 0 Å². The van der Waals surface area contributed by atoms with Gasteiger partial charge in [-0.15, -0.1) is 0 Å². The van der Waals surface area contributed by atoms with Crippen LogP contribution in [0.2, 0.25) is 0 Å². The summed E-state index contributed by atoms with van der Waals surface area (Å²) in [6, 6.07) is 0.832. The van der Waals surface area contributed by atoms with Crippen molar-refractivity contribution in [1.29, 1.82) is 0 Å². The van der Waals surface area contributed by atoms with E-state index >= 15 is 0 Å². The molecule has 3 aromatic rings. The average Bonchev–Trinajstić information content (AvgIpc) is 4.02. The normalized spacial score (nSPS) is 16.1. The second-order valence-corrected chi connectivity index (χ2v) is 15.4. The molecule has 0 spiro atoms. The number of hydrogen-bond donors (Lipinski definition) is 11. The number of benzene rings is 1. The molecule has 21 nitrogen and oxygen atoms in total. The number of imidazole rings is 1. The van der Waals surface area contributed by atoms with E-state index in [-0.39, 0.29) is 51.3 Å². The van der Waals surface area contributed by atoms with Gasteiger partial charge in [-0.25, -0.2) is 4.98 Å². The van der Waals surface area contributed by atoms with Gasteiger partial charge in [0.15, 0.2) is 5.96 Å². The third-order valence-electron chi connectivity index (χ3n) is 9.97. The topological polar surface area (TPSA) is 344 Å². The van der Waals surface area contributed by atoms with E-state index in [4.69, 9.17) is 22.9 Å². The molecule has 4 rings (SSSR count). The molecule has 22 heteroatoms. The summed E-state index contributed by atoms with van der Waals surface area (Å²) in [5.41, 5.74) is 23.8. The summed E-state index contributed by atoms with van der Waals surface area (Å²) in [7, 11) is 0. The lowest BCUT2D eigenvalue weighted by Crippen LogP contribution is -2.60. The standard InChI is InChI=1S/C38H56N14O7S/c1-21(47-34(56)27(11-14-60-2)48-31(53)17-39)33(55)50-28(16-23-19-43-20-46-23)35(57)51-29(15-22-18-45-25-8-4-3-7-24(22)25)37(59)52-13-6-10-30(52)36(58)49-26(32(40)54)9-5-12-44-38(41)42/h3-4,7-8,18-21,26-30,45H,5-6,9-17,39H2,1-2H3,(H2,40,54)(H,43,46)(H,47,56)(H,48,53)(H,49,58)(H,50,55)(H,51,57)(H4,41,42,44)/t21-,26+,27-,28+,29+,30+/m0/s1. The van der Waals surface area contributed by atoms with Gasteiger partial charge in [0, 0.05) is 54.9 Å². The van der Waals surface area contributed by atoms with Gasteiger partial charge < -0.3 is 64.4 Å². The Morgan fingerprint density at radius 1 is 0.900 bits per heavy atom. The van der Waals surface area contributed by atoms with Gasteiger partial charge in [0.2, 0.25) is 41.4 Å². The second kappa shape index (κ2) is 22.8. The number of aromatic amines is 2. The first kappa shape index (κ1) is 46.5. The van der Waals surface area contributed by atoms with E-state index in [0.29, 0.717) is 36.3 Å². The SMILES string of the molecule is CSCC[C@H](NC(=O)CN)C(=O)N[C@@H](C)C(=O)N[C@H](Cc1cnc[nH]1)C(=O)N[C@H](Cc1c[nH]c2ccccc12)C(=O)N1CCC[C@@H]1C(=O)N[C@H](CCCN=C(N)N)C(N)=O. The van der Waals surface area contributed by atoms with Crippen molar-refractivity contribution in [2.45, 2.75) is 88.1 Å². The van der Waals surface area contributed by atoms with Crippen molar-refractivity contribution in [3.05, 3.63) is 54.2 Å². The lowest BCUT2D eigenvalue weighted by atomic mass is 10.0. The zero-order valence-corrected chi connectivity index (χ0v) is 34.5. The lowest BCUT2D eigenvalue weighted by Gasteiger charge is -2.30. The van der Waals surface area contributed by atoms with Gasteiger partial charge >= 0.3 is 0 Å². The van der Waals surface area contributed by atoms with Gasteiger partial charge in [0.05, 0.1) is 12.9 Å². The van der Waals surface area contributed by atoms with Crippen LogP contribution >= 0.6 is 11.8 Å². The Balaban J connectivity index is 1.56. The number of likely N-dealkylation sites (tertiary alicyclic amines) is 1. The highest BCUT2D eigenvalue weighted by molar-refractivity contribution is 7.98. The van der Waals surface area contributed by atoms with Gasteiger partial charge in [-0.05, 0) is 62.7 Å². The van der Waals surface area contributed by atoms with E-state index in [1.54, 1.807) is 6.20 Å². The van der Waals surface area contributed by atoms with Crippen molar-refractivity contribution in [2.24, 2.45) is 27.9 Å². The lowest BCUT2D eigenvalue weighted by molar-refractivity contribution is -0.142. The molecule has 0 saturated carbocycles. The van der Waals surface area contributed by atoms with Gasteiger partial charge in [0.1, 0.15) is 36.3 Å². The van der Waals surface area contributed by atoms with E-state index in [2.05, 4.69) is 46.5 Å². The fourth-order valence-corrected chi connectivity index (χ4v) is 7.28. The Hall–Kier alpha value is -6.16. The summed E-state index contributed by atoms with van der Waals surface area (Å²) in [5.74, 6) is -4.04. The molecule has 0 radical (unpaired) electrons. The Morgan fingerprint density at radius 3 is 2.32 bits per heavy atom. The Labute approximate surface area is 351 Å². The van der Waals surface area contributed by atoms with Crippen LogP contribution in [0.4, 0.5) is 0 Å². The molecule has 1 saturated heterocycles. The average molecular weight is 853 g/mol. The highest BCUT2D eigenvalue weighted by Gasteiger charge is 2.40. The van der Waals surface area contributed by atoms with E-state index in [0.717, 1.165) is 10.9 Å². The van der Waals surface area contributed by atoms with Crippen LogP contribution in [0.15, 0.2) is 48.0 Å². The number of amides is 7. The van der Waals surface area contributed by atoms with E-state index in [1.807, 2.05) is 30.5 Å². The largest absolute Gasteiger partial charge is 0.370 e. The summed E-state index contributed by atoms with van der Waals surface area (Å²) in [6.07, 6.45) is 7.99. The van der Waals surface area contributed by atoms with Gasteiger partial charge in [-0.1, -0.05) is 18.2 Å². The molecule has 7 amide bonds. The van der Waals surface area contributed by atoms with Crippen molar-refractivity contribution in [2.75, 3.05) is 31.6 Å². The molecule has 0 bridgehead atoms. The maximum atomic E-state index is 14.6. The zero-order chi connectivity index (χ0) is 43.8. The van der Waals surface area contributed by atoms with Gasteiger partial charge in [-0.3, -0.25) is 38.6 Å². The first-order chi connectivity index (χ1) is 28.7. The van der Waals surface area contributed by atoms with Gasteiger partial charge in [0.25, 0.3) is 0 Å². The number of thioether (sulfide) groups is 1. The monoisotopic (exact) mass is 852 g/mol. The predicted octanol–water partition coefficient (Wildman–Crippen LogP) is -2.64. The van der Waals surface area contributed by atoms with Crippen LogP contribution in [-0.4, -0.2) is 135 Å². The smallest absolute Gasteiger partial charge is 0.246 e. The molecule has 326 valence electrons. The number of guanidine groups is 1. The molecule has 15 N–H and O–H groups in total. The van der Waals surface area contributed by atoms with Crippen LogP contribution < -0.4 is 49.5 Å². The Morgan fingerprint density at radius 2 is 1.63 bits per heavy atom. The molecule has 60 heavy (non-hydrogen) atoms. The van der Waals surface area contributed by atoms with E-state index in [9.17, 15) is 33.6 Å². The first-order valence-electron chi connectivity index (χ1n) is 19.6. The number of carbonyl (C=O) groups excluding carboxylic acids is 7. The number of nitrogens with zero attached hydrogens (tertiary/aromatic N) is 3. The summed E-state index contributed by atoms with van der Waals surface area (Å²) in [5, 5.41) is 14.2. The quantitative estimate of drug-likeness (QED) is 0.0265. The number of para-hydroxylation sites is 1. The summed E-state index contributed by atoms with van der Waals surface area (Å²) < 4.78 is 0. The number of fused-ring (bicyclic) bond motifs is 1. The minimum Gasteiger partial charge on any atom is -0.370 e. The zero-order valence-electron chi connectivity index (χ0n) is 33.7. The number of nitrogens with two attached hydrogens (primary N) is 4. The fraction of sp³-hybridized carbons (Fsp3) is 0.500. The number of aromatic nitrogens is 3. The minimum atomic E-state index is -1.27. The molecule has 1 aromatic carbocycles. The van der Waals surface area contributed by atoms with Crippen molar-refractivity contribution in [1.82, 2.24) is 46.4 Å². The van der Waals surface area contributed by atoms with Crippen LogP contribution in [0.25, 0.3) is 10.9 Å². The molecular formula is C38H56N14O7S. The Kier molecular flexibility index (Phi) is 17.7. The van der Waals surface area contributed by atoms with Crippen LogP contribution in [0.3, 0.4) is 0 Å². The number of nitrogens with one attached hydrogen (secondary N) is 7. The van der Waals surface area contributed by atoms with Crippen molar-refractivity contribution in [3.63, 3.8) is 0 Å². The van der Waals surface area contributed by atoms with Crippen molar-refractivity contribution in [3.8, 4) is 0 Å². The number of carbonyl (C=O) groups is 7. The van der Waals surface area contributed by atoms with Crippen LogP contribution in [-0.2, 0) is 46.4 Å². The summed E-state index contributed by atoms with van der Waals surface area (Å²) in [4.78, 5) is 109. The maximum Gasteiger partial charge on any atom is 0.246 e. The number of H-pyrrole nitrogens is 2. The molecule has 3 heterocycles. The minimum absolute atomic E-state index is 0.0112. The predicted molar refractivity (Wildman–Crippen MR) is 226 cm³/mol. The van der Waals surface area contributed by atoms with Crippen molar-refractivity contribution >= 4 is 70.0 Å². The Bertz CT molecular complexity index is 1990. The highest BCUT2D eigenvalue weighted by atomic mass is 32.2. The molecule has 0 aliphatic carbocycles. The molecular weight excluding hydrogens is 797 g/mol. The molecule has 1 aliphatic rings. The van der Waals surface area contributed by atoms with E-state index < -0.39 is 77.6 Å². The highest BCUT2D eigenvalue weighted by Crippen LogP contribution is 2.23. The third kappa shape index (κ3) is 13.4. The number of aliphatic imine (C=N–C) groups is 1. The third-order valence-corrected chi connectivity index (χ3v) is 10.6. The molecule has 2 aromatic heterocycles. The molecule has 0 unspecified atom stereocenters. The van der Waals surface area contributed by atoms with Gasteiger partial charge in [-0.2, -0.15) is 11.8 Å². The van der Waals surface area contributed by atoms with Crippen molar-refractivity contribution < 1.29 is 33.6 Å². The van der Waals surface area contributed by atoms with Crippen LogP contribution in [0.1, 0.15) is 50.3 Å². The summed E-state index contributed by atoms with van der Waals surface area (Å²) >= 11 is 1.48. The number of rotatable bonds is 23. The fourth-order valence-electron chi connectivity index (χ4n) is 6.81. The van der Waals surface area contributed by atoms with E-state index in [1.165, 1.54) is 36.1 Å². The second-order valence-electron chi connectivity index (χ2n) is 14.4. The molecule has 1 aliphatic heterocycles.